The van der Waals surface area contributed by atoms with Crippen LogP contribution < -0.4 is 5.73 Å². The maximum absolute atomic E-state index is 12.0. The van der Waals surface area contributed by atoms with Crippen LogP contribution in [0.1, 0.15) is 23.5 Å². The number of aromatic nitrogens is 3. The average molecular weight is 338 g/mol. The van der Waals surface area contributed by atoms with Crippen LogP contribution in [0.5, 0.6) is 0 Å². The lowest BCUT2D eigenvalue weighted by Gasteiger charge is -2.27. The van der Waals surface area contributed by atoms with Crippen molar-refractivity contribution in [2.75, 3.05) is 19.5 Å². The van der Waals surface area contributed by atoms with E-state index in [2.05, 4.69) is 9.97 Å². The van der Waals surface area contributed by atoms with Crippen molar-refractivity contribution >= 4 is 22.8 Å². The fourth-order valence-corrected chi connectivity index (χ4v) is 2.94. The van der Waals surface area contributed by atoms with E-state index in [4.69, 9.17) is 15.2 Å². The van der Waals surface area contributed by atoms with E-state index in [0.717, 1.165) is 0 Å². The topological polar surface area (TPSA) is 153 Å². The number of nitrogens with zero attached hydrogens (tertiary/aromatic N) is 3. The van der Waals surface area contributed by atoms with Crippen LogP contribution in [0, 0.1) is 0 Å². The molecule has 0 amide bonds. The van der Waals surface area contributed by atoms with Crippen LogP contribution in [0.15, 0.2) is 12.5 Å². The number of anilines is 1. The Morgan fingerprint density at radius 3 is 2.83 bits per heavy atom. The van der Waals surface area contributed by atoms with Gasteiger partial charge < -0.3 is 35.1 Å². The highest BCUT2D eigenvalue weighted by molar-refractivity contribution is 6.07. The average Bonchev–Trinajstić information content (AvgIpc) is 3.04. The van der Waals surface area contributed by atoms with Gasteiger partial charge >= 0.3 is 5.97 Å². The third-order valence-corrected chi connectivity index (χ3v) is 4.23. The Bertz CT molecular complexity index is 789. The highest BCUT2D eigenvalue weighted by Gasteiger charge is 2.53. The molecule has 1 fully saturated rings. The normalized spacial score (nSPS) is 30.0. The van der Waals surface area contributed by atoms with Crippen LogP contribution in [0.3, 0.4) is 0 Å². The van der Waals surface area contributed by atoms with Crippen molar-refractivity contribution in [1.29, 1.82) is 0 Å². The summed E-state index contributed by atoms with van der Waals surface area (Å²) in [6, 6.07) is 0. The zero-order valence-corrected chi connectivity index (χ0v) is 13.1. The van der Waals surface area contributed by atoms with E-state index in [1.807, 2.05) is 0 Å². The standard InChI is InChI=1S/C14H18N4O6/c1-14(22)9(20)7(4-19)24-13(14)18-3-6(12(21)23-2)8-10(15)16-5-17-11(8)18/h3,5,7,9,13,19-20,22H,4H2,1-2H3,(H2,15,16,17)/t7?,9?,13?,14-/m1/s1. The molecular weight excluding hydrogens is 320 g/mol. The number of rotatable bonds is 3. The van der Waals surface area contributed by atoms with Gasteiger partial charge in [-0.2, -0.15) is 0 Å². The predicted molar refractivity (Wildman–Crippen MR) is 80.9 cm³/mol. The molecule has 3 heterocycles. The highest BCUT2D eigenvalue weighted by Crippen LogP contribution is 2.40. The number of ether oxygens (including phenoxy) is 2. The molecule has 0 saturated carbocycles. The van der Waals surface area contributed by atoms with Crippen molar-refractivity contribution in [3.63, 3.8) is 0 Å². The van der Waals surface area contributed by atoms with E-state index in [-0.39, 0.29) is 22.4 Å². The van der Waals surface area contributed by atoms with Crippen LogP contribution in [0.25, 0.3) is 11.0 Å². The van der Waals surface area contributed by atoms with Crippen LogP contribution in [-0.2, 0) is 9.47 Å². The van der Waals surface area contributed by atoms with Gasteiger partial charge in [0.05, 0.1) is 24.7 Å². The minimum absolute atomic E-state index is 0.0658. The summed E-state index contributed by atoms with van der Waals surface area (Å²) in [5.74, 6) is -0.590. The van der Waals surface area contributed by atoms with Gasteiger partial charge in [0, 0.05) is 6.20 Å². The second-order valence-corrected chi connectivity index (χ2v) is 5.78. The fraction of sp³-hybridized carbons (Fsp3) is 0.500. The molecule has 10 nitrogen and oxygen atoms in total. The molecule has 0 bridgehead atoms. The summed E-state index contributed by atoms with van der Waals surface area (Å²) >= 11 is 0. The van der Waals surface area contributed by atoms with Gasteiger partial charge in [0.25, 0.3) is 0 Å². The van der Waals surface area contributed by atoms with Gasteiger partial charge in [-0.1, -0.05) is 0 Å². The number of fused-ring (bicyclic) bond motifs is 1. The van der Waals surface area contributed by atoms with Gasteiger partial charge in [-0.3, -0.25) is 0 Å². The SMILES string of the molecule is COC(=O)c1cn(C2OC(CO)C(O)[C@@]2(C)O)c2ncnc(N)c12. The summed E-state index contributed by atoms with van der Waals surface area (Å²) in [4.78, 5) is 20.0. The second-order valence-electron chi connectivity index (χ2n) is 5.78. The molecular formula is C14H18N4O6. The number of aliphatic hydroxyl groups excluding tert-OH is 2. The summed E-state index contributed by atoms with van der Waals surface area (Å²) < 4.78 is 11.7. The summed E-state index contributed by atoms with van der Waals surface area (Å²) in [7, 11) is 1.22. The molecule has 0 radical (unpaired) electrons. The first kappa shape index (κ1) is 16.6. The van der Waals surface area contributed by atoms with Gasteiger partial charge in [0.15, 0.2) is 6.23 Å². The smallest absolute Gasteiger partial charge is 0.340 e. The number of nitrogen functional groups attached to an aromatic ring is 1. The molecule has 3 rings (SSSR count). The Kier molecular flexibility index (Phi) is 3.92. The molecule has 2 aromatic rings. The molecule has 24 heavy (non-hydrogen) atoms. The molecule has 5 N–H and O–H groups in total. The maximum atomic E-state index is 12.0. The molecule has 0 aromatic carbocycles. The summed E-state index contributed by atoms with van der Waals surface area (Å²) in [5, 5.41) is 30.3. The zero-order chi connectivity index (χ0) is 17.6. The number of carbonyl (C=O) groups excluding carboxylic acids is 1. The lowest BCUT2D eigenvalue weighted by Crippen LogP contribution is -2.44. The highest BCUT2D eigenvalue weighted by atomic mass is 16.6. The number of hydrogen-bond donors (Lipinski definition) is 4. The minimum Gasteiger partial charge on any atom is -0.465 e. The number of carbonyl (C=O) groups is 1. The van der Waals surface area contributed by atoms with Crippen molar-refractivity contribution in [3.05, 3.63) is 18.1 Å². The Hall–Kier alpha value is -2.27. The molecule has 1 aliphatic rings. The Labute approximate surface area is 136 Å². The summed E-state index contributed by atoms with van der Waals surface area (Å²) in [6.07, 6.45) is -0.833. The molecule has 130 valence electrons. The number of esters is 1. The molecule has 1 aliphatic heterocycles. The van der Waals surface area contributed by atoms with Crippen molar-refractivity contribution < 1.29 is 29.6 Å². The monoisotopic (exact) mass is 338 g/mol. The number of nitrogens with two attached hydrogens (primary N) is 1. The minimum atomic E-state index is -1.73. The fourth-order valence-electron chi connectivity index (χ4n) is 2.94. The van der Waals surface area contributed by atoms with Crippen LogP contribution in [-0.4, -0.2) is 67.3 Å². The first-order valence-corrected chi connectivity index (χ1v) is 7.19. The van der Waals surface area contributed by atoms with Crippen LogP contribution in [0.4, 0.5) is 5.82 Å². The largest absolute Gasteiger partial charge is 0.465 e. The lowest BCUT2D eigenvalue weighted by atomic mass is 9.96. The third-order valence-electron chi connectivity index (χ3n) is 4.23. The Balaban J connectivity index is 2.21. The van der Waals surface area contributed by atoms with Crippen LogP contribution in [0.2, 0.25) is 0 Å². The third kappa shape index (κ3) is 2.23. The molecule has 10 heteroatoms. The van der Waals surface area contributed by atoms with E-state index in [0.29, 0.717) is 0 Å². The molecule has 1 saturated heterocycles. The molecule has 2 aromatic heterocycles. The van der Waals surface area contributed by atoms with E-state index in [1.165, 1.54) is 31.1 Å². The van der Waals surface area contributed by atoms with Gasteiger partial charge in [-0.15, -0.1) is 0 Å². The van der Waals surface area contributed by atoms with E-state index in [9.17, 15) is 20.1 Å². The second kappa shape index (κ2) is 5.67. The molecule has 4 atom stereocenters. The Morgan fingerprint density at radius 2 is 2.25 bits per heavy atom. The quantitative estimate of drug-likeness (QED) is 0.505. The summed E-state index contributed by atoms with van der Waals surface area (Å²) in [6.45, 7) is 0.889. The lowest BCUT2D eigenvalue weighted by molar-refractivity contribution is -0.0948. The van der Waals surface area contributed by atoms with Crippen molar-refractivity contribution in [3.8, 4) is 0 Å². The van der Waals surface area contributed by atoms with E-state index >= 15 is 0 Å². The van der Waals surface area contributed by atoms with E-state index < -0.39 is 36.6 Å². The first-order chi connectivity index (χ1) is 11.3. The van der Waals surface area contributed by atoms with Crippen molar-refractivity contribution in [2.24, 2.45) is 0 Å². The van der Waals surface area contributed by atoms with Gasteiger partial charge in [-0.25, -0.2) is 14.8 Å². The molecule has 0 spiro atoms. The number of methoxy groups -OCH3 is 1. The summed E-state index contributed by atoms with van der Waals surface area (Å²) in [5.41, 5.74) is 4.45. The zero-order valence-electron chi connectivity index (χ0n) is 13.1. The predicted octanol–water partition coefficient (Wildman–Crippen LogP) is -1.20. The van der Waals surface area contributed by atoms with Crippen molar-refractivity contribution in [2.45, 2.75) is 31.0 Å². The van der Waals surface area contributed by atoms with Gasteiger partial charge in [0.2, 0.25) is 0 Å². The molecule has 3 unspecified atom stereocenters. The number of hydrogen-bond acceptors (Lipinski definition) is 9. The first-order valence-electron chi connectivity index (χ1n) is 7.19. The number of aliphatic hydroxyl groups is 3. The maximum Gasteiger partial charge on any atom is 0.340 e. The molecule has 0 aliphatic carbocycles. The van der Waals surface area contributed by atoms with Gasteiger partial charge in [-0.05, 0) is 6.92 Å². The van der Waals surface area contributed by atoms with Crippen molar-refractivity contribution in [1.82, 2.24) is 14.5 Å². The van der Waals surface area contributed by atoms with Gasteiger partial charge in [0.1, 0.15) is 35.6 Å². The van der Waals surface area contributed by atoms with E-state index in [1.54, 1.807) is 0 Å². The Morgan fingerprint density at radius 1 is 1.54 bits per heavy atom. The van der Waals surface area contributed by atoms with Crippen LogP contribution >= 0.6 is 0 Å².